The van der Waals surface area contributed by atoms with Gasteiger partial charge in [0.25, 0.3) is 0 Å². The van der Waals surface area contributed by atoms with Crippen LogP contribution in [0.4, 0.5) is 0 Å². The van der Waals surface area contributed by atoms with Crippen molar-refractivity contribution in [1.82, 2.24) is 0 Å². The third-order valence-corrected chi connectivity index (χ3v) is 1.63. The molecule has 0 saturated carbocycles. The minimum absolute atomic E-state index is 0.377. The lowest BCUT2D eigenvalue weighted by molar-refractivity contribution is 0.124. The van der Waals surface area contributed by atoms with Crippen LogP contribution in [0.1, 0.15) is 0 Å². The zero-order chi connectivity index (χ0) is 8.74. The van der Waals surface area contributed by atoms with Gasteiger partial charge in [-0.05, 0) is 11.8 Å². The lowest BCUT2D eigenvalue weighted by atomic mass is 10.8. The molecule has 0 amide bonds. The van der Waals surface area contributed by atoms with E-state index in [2.05, 4.69) is 16.5 Å². The Bertz CT molecular complexity index is 164. The molecule has 6 heteroatoms. The summed E-state index contributed by atoms with van der Waals surface area (Å²) in [7, 11) is 1.55. The van der Waals surface area contributed by atoms with Crippen LogP contribution in [0.3, 0.4) is 0 Å². The topological polar surface area (TPSA) is 58.9 Å². The summed E-state index contributed by atoms with van der Waals surface area (Å²) in [6.07, 6.45) is 1.18. The van der Waals surface area contributed by atoms with Gasteiger partial charge in [-0.2, -0.15) is 0 Å². The molecule has 0 aromatic heterocycles. The highest BCUT2D eigenvalue weighted by molar-refractivity contribution is 8.10. The van der Waals surface area contributed by atoms with Crippen LogP contribution in [0.5, 0.6) is 0 Å². The van der Waals surface area contributed by atoms with Gasteiger partial charge >= 0.3 is 0 Å². The van der Waals surface area contributed by atoms with Crippen LogP contribution in [0.2, 0.25) is 0 Å². The summed E-state index contributed by atoms with van der Waals surface area (Å²) in [5.41, 5.74) is 0. The van der Waals surface area contributed by atoms with Crippen molar-refractivity contribution in [2.75, 3.05) is 20.3 Å². The molecule has 0 aliphatic carbocycles. The zero-order valence-corrected chi connectivity index (χ0v) is 7.85. The van der Waals surface area contributed by atoms with Crippen molar-refractivity contribution in [3.05, 3.63) is 12.1 Å². The van der Waals surface area contributed by atoms with E-state index < -0.39 is 6.49 Å². The minimum Gasteiger partial charge on any atom is -0.499 e. The Labute approximate surface area is 70.6 Å². The maximum Gasteiger partial charge on any atom is 0.210 e. The first-order valence-electron chi connectivity index (χ1n) is 2.90. The Hall–Kier alpha value is 0.0700. The molecule has 66 valence electrons. The first kappa shape index (κ1) is 11.1. The number of hydrogen-bond donors (Lipinski definition) is 2. The second-order valence-corrected chi connectivity index (χ2v) is 4.83. The molecule has 0 radical (unpaired) electrons. The van der Waals surface area contributed by atoms with Crippen LogP contribution in [-0.2, 0) is 21.3 Å². The first-order chi connectivity index (χ1) is 5.06. The molecule has 0 heterocycles. The minimum atomic E-state index is -3.23. The molecule has 0 aliphatic heterocycles. The molecule has 2 N–H and O–H groups in total. The van der Waals surface area contributed by atoms with E-state index in [0.717, 1.165) is 5.82 Å². The van der Waals surface area contributed by atoms with Gasteiger partial charge in [-0.1, -0.05) is 0 Å². The highest BCUT2D eigenvalue weighted by Gasteiger charge is 1.98. The lowest BCUT2D eigenvalue weighted by Crippen LogP contribution is -1.96. The summed E-state index contributed by atoms with van der Waals surface area (Å²) in [5, 5.41) is 0. The van der Waals surface area contributed by atoms with Crippen molar-refractivity contribution in [3.8, 4) is 0 Å². The number of methoxy groups -OCH3 is 1. The molecule has 0 fully saturated rings. The van der Waals surface area contributed by atoms with Crippen molar-refractivity contribution < 1.29 is 19.3 Å². The molecule has 0 saturated heterocycles. The Kier molecular flexibility index (Phi) is 5.72. The average Bonchev–Trinajstić information content (AvgIpc) is 1.85. The summed E-state index contributed by atoms with van der Waals surface area (Å²) in [6.45, 7) is -2.39. The number of ether oxygens (including phenoxy) is 2. The maximum atomic E-state index is 8.66. The third-order valence-electron chi connectivity index (χ3n) is 0.757. The van der Waals surface area contributed by atoms with E-state index in [0.29, 0.717) is 13.2 Å². The van der Waals surface area contributed by atoms with Gasteiger partial charge in [-0.3, -0.25) is 0 Å². The summed E-state index contributed by atoms with van der Waals surface area (Å²) in [6, 6.07) is 0. The Morgan fingerprint density at radius 1 is 1.45 bits per heavy atom. The van der Waals surface area contributed by atoms with Gasteiger partial charge < -0.3 is 19.3 Å². The quantitative estimate of drug-likeness (QED) is 0.381. The van der Waals surface area contributed by atoms with E-state index in [1.54, 1.807) is 7.11 Å². The van der Waals surface area contributed by atoms with Crippen LogP contribution in [0, 0.1) is 0 Å². The van der Waals surface area contributed by atoms with Crippen molar-refractivity contribution in [2.45, 2.75) is 0 Å². The number of hydrogen-bond acceptors (Lipinski definition) is 3. The van der Waals surface area contributed by atoms with Crippen molar-refractivity contribution in [3.63, 3.8) is 0 Å². The van der Waals surface area contributed by atoms with Crippen LogP contribution in [-0.4, -0.2) is 30.1 Å². The Balaban J connectivity index is 3.38. The molecular formula is C5H11O4PS. The fourth-order valence-corrected chi connectivity index (χ4v) is 0.715. The standard InChI is InChI=1S/C5H11O4PS/c1-8-2-3-9-4-5-10(6,7)11/h4-5H,2-3H2,1H3,(H2,6,7,11). The Morgan fingerprint density at radius 3 is 2.55 bits per heavy atom. The van der Waals surface area contributed by atoms with E-state index in [1.165, 1.54) is 6.26 Å². The van der Waals surface area contributed by atoms with E-state index in [1.807, 2.05) is 0 Å². The molecule has 0 aromatic carbocycles. The van der Waals surface area contributed by atoms with Gasteiger partial charge in [0.2, 0.25) is 6.49 Å². The summed E-state index contributed by atoms with van der Waals surface area (Å²) >= 11 is 4.29. The zero-order valence-electron chi connectivity index (χ0n) is 6.14. The predicted octanol–water partition coefficient (Wildman–Crippen LogP) is 0.415. The molecule has 0 bridgehead atoms. The first-order valence-corrected chi connectivity index (χ1v) is 5.67. The normalized spacial score (nSPS) is 12.3. The van der Waals surface area contributed by atoms with Gasteiger partial charge in [-0.15, -0.1) is 0 Å². The highest BCUT2D eigenvalue weighted by atomic mass is 32.5. The van der Waals surface area contributed by atoms with E-state index in [4.69, 9.17) is 14.5 Å². The summed E-state index contributed by atoms with van der Waals surface area (Å²) < 4.78 is 9.46. The van der Waals surface area contributed by atoms with E-state index >= 15 is 0 Å². The molecule has 0 atom stereocenters. The molecule has 0 aromatic rings. The van der Waals surface area contributed by atoms with Crippen LogP contribution in [0.15, 0.2) is 12.1 Å². The smallest absolute Gasteiger partial charge is 0.210 e. The van der Waals surface area contributed by atoms with E-state index in [9.17, 15) is 0 Å². The Morgan fingerprint density at radius 2 is 2.09 bits per heavy atom. The van der Waals surface area contributed by atoms with Gasteiger partial charge in [-0.25, -0.2) is 0 Å². The highest BCUT2D eigenvalue weighted by Crippen LogP contribution is 2.36. The van der Waals surface area contributed by atoms with Crippen molar-refractivity contribution in [1.29, 1.82) is 0 Å². The summed E-state index contributed by atoms with van der Waals surface area (Å²) in [5.74, 6) is 1.07. The lowest BCUT2D eigenvalue weighted by Gasteiger charge is -2.00. The third kappa shape index (κ3) is 10.1. The molecule has 11 heavy (non-hydrogen) atoms. The second kappa shape index (κ2) is 5.69. The van der Waals surface area contributed by atoms with Gasteiger partial charge in [0.1, 0.15) is 6.61 Å². The fraction of sp³-hybridized carbons (Fsp3) is 0.600. The van der Waals surface area contributed by atoms with Gasteiger partial charge in [0.15, 0.2) is 0 Å². The molecular weight excluding hydrogens is 187 g/mol. The molecule has 0 aliphatic rings. The number of rotatable bonds is 5. The van der Waals surface area contributed by atoms with Crippen molar-refractivity contribution in [2.24, 2.45) is 0 Å². The monoisotopic (exact) mass is 198 g/mol. The fourth-order valence-electron chi connectivity index (χ4n) is 0.322. The van der Waals surface area contributed by atoms with Crippen LogP contribution in [0.25, 0.3) is 0 Å². The largest absolute Gasteiger partial charge is 0.499 e. The van der Waals surface area contributed by atoms with Crippen LogP contribution < -0.4 is 0 Å². The van der Waals surface area contributed by atoms with Gasteiger partial charge in [0, 0.05) is 12.9 Å². The average molecular weight is 198 g/mol. The molecule has 0 spiro atoms. The van der Waals surface area contributed by atoms with Crippen LogP contribution >= 0.6 is 6.49 Å². The maximum absolute atomic E-state index is 8.66. The second-order valence-electron chi connectivity index (χ2n) is 1.74. The van der Waals surface area contributed by atoms with E-state index in [-0.39, 0.29) is 0 Å². The molecule has 4 nitrogen and oxygen atoms in total. The van der Waals surface area contributed by atoms with Crippen molar-refractivity contribution >= 4 is 18.3 Å². The molecule has 0 unspecified atom stereocenters. The predicted molar refractivity (Wildman–Crippen MR) is 45.7 cm³/mol. The van der Waals surface area contributed by atoms with Gasteiger partial charge in [0.05, 0.1) is 12.9 Å². The molecule has 0 rings (SSSR count). The summed E-state index contributed by atoms with van der Waals surface area (Å²) in [4.78, 5) is 17.3. The SMILES string of the molecule is COCCOC=CP(O)(O)=S.